The van der Waals surface area contributed by atoms with E-state index in [2.05, 4.69) is 0 Å². The first-order valence-corrected chi connectivity index (χ1v) is 0. The van der Waals surface area contributed by atoms with E-state index >= 15 is 0 Å². The summed E-state index contributed by atoms with van der Waals surface area (Å²) in [5.41, 5.74) is 0. The van der Waals surface area contributed by atoms with E-state index in [1.807, 2.05) is 0 Å². The van der Waals surface area contributed by atoms with E-state index in [0.29, 0.717) is 0 Å². The zero-order valence-corrected chi connectivity index (χ0v) is 6.35. The number of hydrogen-bond donors (Lipinski definition) is 0. The maximum Gasteiger partial charge on any atom is 0 e. The zero-order chi connectivity index (χ0) is 0. The minimum absolute atomic E-state index is 0. The van der Waals surface area contributed by atoms with Gasteiger partial charge >= 0.3 is 0 Å². The van der Waals surface area contributed by atoms with Crippen molar-refractivity contribution in [3.8, 4) is 0 Å². The van der Waals surface area contributed by atoms with E-state index < -0.39 is 0 Å². The van der Waals surface area contributed by atoms with E-state index in [4.69, 9.17) is 0 Å². The first-order chi connectivity index (χ1) is 0. The van der Waals surface area contributed by atoms with E-state index in [0.717, 1.165) is 0 Å². The summed E-state index contributed by atoms with van der Waals surface area (Å²) in [5, 5.41) is 0. The SMILES string of the molecule is [Cr].[Cr].[Cr].[Ni]. The molecule has 0 saturated heterocycles. The van der Waals surface area contributed by atoms with Crippen LogP contribution >= 0.6 is 0 Å². The molecule has 0 aromatic carbocycles. The topological polar surface area (TPSA) is 0 Å². The van der Waals surface area contributed by atoms with Crippen molar-refractivity contribution in [3.63, 3.8) is 0 Å². The first-order valence-electron chi connectivity index (χ1n) is 0. The summed E-state index contributed by atoms with van der Waals surface area (Å²) in [6.07, 6.45) is 0. The second kappa shape index (κ2) is 19.5. The Morgan fingerprint density at radius 1 is 0.500 bits per heavy atom. The monoisotopic (exact) mass is 214 g/mol. The van der Waals surface area contributed by atoms with Gasteiger partial charge in [0.15, 0.2) is 0 Å². The molecule has 0 nitrogen and oxygen atoms in total. The Bertz CT molecular complexity index is 3.25. The Labute approximate surface area is 68.0 Å². The Morgan fingerprint density at radius 2 is 0.500 bits per heavy atom. The minimum Gasteiger partial charge on any atom is 0 e. The van der Waals surface area contributed by atoms with Gasteiger partial charge in [0.05, 0.1) is 0 Å². The van der Waals surface area contributed by atoms with Crippen LogP contribution in [0.15, 0.2) is 0 Å². The van der Waals surface area contributed by atoms with Gasteiger partial charge in [-0.15, -0.1) is 0 Å². The Morgan fingerprint density at radius 3 is 0.500 bits per heavy atom. The van der Waals surface area contributed by atoms with Gasteiger partial charge in [-0.1, -0.05) is 0 Å². The molecule has 4 heteroatoms. The van der Waals surface area contributed by atoms with Crippen molar-refractivity contribution in [2.75, 3.05) is 0 Å². The van der Waals surface area contributed by atoms with Crippen molar-refractivity contribution in [2.24, 2.45) is 0 Å². The maximum absolute atomic E-state index is 0. The third-order valence-electron chi connectivity index (χ3n) is 0. The molecule has 0 rings (SSSR count). The van der Waals surface area contributed by atoms with Gasteiger partial charge in [-0.3, -0.25) is 0 Å². The Hall–Kier alpha value is 2.09. The number of hydrogen-bond acceptors (Lipinski definition) is 0. The molecule has 0 saturated carbocycles. The van der Waals surface area contributed by atoms with Crippen LogP contribution in [0.1, 0.15) is 0 Å². The standard InChI is InChI=1S/3Cr.Ni. The average molecular weight is 215 g/mol. The predicted molar refractivity (Wildman–Crippen MR) is 0 cm³/mol. The minimum atomic E-state index is 0. The van der Waals surface area contributed by atoms with Crippen LogP contribution in [0.25, 0.3) is 0 Å². The van der Waals surface area contributed by atoms with Crippen LogP contribution in [0.3, 0.4) is 0 Å². The summed E-state index contributed by atoms with van der Waals surface area (Å²) >= 11 is 0. The molecule has 0 aliphatic carbocycles. The van der Waals surface area contributed by atoms with Crippen molar-refractivity contribution in [1.82, 2.24) is 0 Å². The van der Waals surface area contributed by atoms with E-state index in [1.165, 1.54) is 0 Å². The molecule has 0 N–H and O–H groups in total. The van der Waals surface area contributed by atoms with Crippen LogP contribution < -0.4 is 0 Å². The van der Waals surface area contributed by atoms with Gasteiger partial charge in [0.2, 0.25) is 0 Å². The predicted octanol–water partition coefficient (Wildman–Crippen LogP) is -0.0100. The molecule has 0 aromatic rings. The van der Waals surface area contributed by atoms with Crippen molar-refractivity contribution < 1.29 is 68.6 Å². The van der Waals surface area contributed by atoms with Gasteiger partial charge < -0.3 is 0 Å². The largest absolute Gasteiger partial charge is 0 e. The molecule has 0 spiro atoms. The smallest absolute Gasteiger partial charge is 0 e. The van der Waals surface area contributed by atoms with Crippen LogP contribution in [0, 0.1) is 0 Å². The Kier molecular flexibility index (Phi) is 176. The quantitative estimate of drug-likeness (QED) is 0.498. The van der Waals surface area contributed by atoms with Gasteiger partial charge in [0, 0.05) is 68.6 Å². The van der Waals surface area contributed by atoms with Crippen molar-refractivity contribution in [1.29, 1.82) is 0 Å². The molecule has 0 aliphatic rings. The van der Waals surface area contributed by atoms with Crippen molar-refractivity contribution in [2.45, 2.75) is 0 Å². The van der Waals surface area contributed by atoms with Crippen LogP contribution in [0.2, 0.25) is 0 Å². The van der Waals surface area contributed by atoms with E-state index in [9.17, 15) is 0 Å². The molecule has 0 amide bonds. The fraction of sp³-hybridized carbons (Fsp3) is 0. The number of rotatable bonds is 0. The molecule has 0 bridgehead atoms. The van der Waals surface area contributed by atoms with Gasteiger partial charge in [-0.25, -0.2) is 0 Å². The molecule has 0 aromatic heterocycles. The van der Waals surface area contributed by atoms with Gasteiger partial charge in [-0.05, 0) is 0 Å². The third kappa shape index (κ3) is 8.94. The molecule has 0 fully saturated rings. The van der Waals surface area contributed by atoms with E-state index in [1.54, 1.807) is 0 Å². The summed E-state index contributed by atoms with van der Waals surface area (Å²) in [4.78, 5) is 0. The van der Waals surface area contributed by atoms with Crippen LogP contribution in [-0.2, 0) is 68.6 Å². The van der Waals surface area contributed by atoms with Crippen LogP contribution in [0.4, 0.5) is 0 Å². The molecular weight excluding hydrogens is 215 g/mol. The molecule has 0 unspecified atom stereocenters. The first kappa shape index (κ1) is 36.1. The Balaban J connectivity index is 0. The van der Waals surface area contributed by atoms with Crippen molar-refractivity contribution in [3.05, 3.63) is 0 Å². The summed E-state index contributed by atoms with van der Waals surface area (Å²) in [6, 6.07) is 0. The third-order valence-corrected chi connectivity index (χ3v) is 0. The fourth-order valence-electron chi connectivity index (χ4n) is 0. The zero-order valence-electron chi connectivity index (χ0n) is 1.54. The molecule has 0 heterocycles. The molecule has 0 atom stereocenters. The summed E-state index contributed by atoms with van der Waals surface area (Å²) in [5.74, 6) is 0. The summed E-state index contributed by atoms with van der Waals surface area (Å²) < 4.78 is 0. The fourth-order valence-corrected chi connectivity index (χ4v) is 0. The molecule has 28 valence electrons. The summed E-state index contributed by atoms with van der Waals surface area (Å²) in [7, 11) is 0. The van der Waals surface area contributed by atoms with Crippen LogP contribution in [0.5, 0.6) is 0 Å². The average Bonchev–Trinajstić information content (AvgIpc) is 0. The second-order valence-corrected chi connectivity index (χ2v) is 0. The van der Waals surface area contributed by atoms with Gasteiger partial charge in [0.25, 0.3) is 0 Å². The molecular formula is Cr3Ni. The van der Waals surface area contributed by atoms with Crippen molar-refractivity contribution >= 4 is 0 Å². The van der Waals surface area contributed by atoms with Gasteiger partial charge in [0.1, 0.15) is 0 Å². The molecule has 0 radical (unpaired) electrons. The van der Waals surface area contributed by atoms with E-state index in [-0.39, 0.29) is 68.6 Å². The normalized spacial score (nSPS) is 0. The maximum atomic E-state index is 0. The summed E-state index contributed by atoms with van der Waals surface area (Å²) in [6.45, 7) is 0. The molecule has 4 heavy (non-hydrogen) atoms. The molecule has 0 aliphatic heterocycles. The van der Waals surface area contributed by atoms with Gasteiger partial charge in [-0.2, -0.15) is 0 Å². The van der Waals surface area contributed by atoms with Crippen LogP contribution in [-0.4, -0.2) is 0 Å². The second-order valence-electron chi connectivity index (χ2n) is 0.